The Morgan fingerprint density at radius 3 is 2.26 bits per heavy atom. The summed E-state index contributed by atoms with van der Waals surface area (Å²) >= 11 is 6.07. The molecule has 2 heterocycles. The summed E-state index contributed by atoms with van der Waals surface area (Å²) in [4.78, 5) is 43.0. The number of likely N-dealkylation sites (tertiary alicyclic amines) is 1. The Hall–Kier alpha value is -3.26. The van der Waals surface area contributed by atoms with Gasteiger partial charge in [0.15, 0.2) is 6.61 Å². The number of piperidine rings is 1. The third-order valence-electron chi connectivity index (χ3n) is 6.28. The van der Waals surface area contributed by atoms with Crippen LogP contribution in [0.15, 0.2) is 54.6 Å². The summed E-state index contributed by atoms with van der Waals surface area (Å²) in [5.41, 5.74) is 1.77. The largest absolute Gasteiger partial charge is 0.455 e. The van der Waals surface area contributed by atoms with Gasteiger partial charge < -0.3 is 24.8 Å². The van der Waals surface area contributed by atoms with Crippen LogP contribution < -0.4 is 10.2 Å². The number of amides is 3. The van der Waals surface area contributed by atoms with Gasteiger partial charge in [0.2, 0.25) is 0 Å². The van der Waals surface area contributed by atoms with E-state index in [0.717, 1.165) is 11.4 Å². The van der Waals surface area contributed by atoms with Crippen LogP contribution in [0.3, 0.4) is 0 Å². The first kappa shape index (κ1) is 23.9. The van der Waals surface area contributed by atoms with E-state index in [-0.39, 0.29) is 30.4 Å². The van der Waals surface area contributed by atoms with Crippen molar-refractivity contribution in [3.05, 3.63) is 59.6 Å². The first-order valence-corrected chi connectivity index (χ1v) is 11.9. The van der Waals surface area contributed by atoms with Crippen LogP contribution in [0.2, 0.25) is 5.02 Å². The molecule has 2 aromatic carbocycles. The standard InChI is InChI=1S/C25H29ClN4O4/c26-20-5-4-8-22(17-20)28-13-15-29(16-14-28)23(31)18-34-24(32)19-9-11-30(12-10-19)25(33)27-21-6-2-1-3-7-21/h1-8,17,19H,9-16,18H2,(H,27,33). The van der Waals surface area contributed by atoms with Crippen LogP contribution in [-0.4, -0.2) is 73.6 Å². The van der Waals surface area contributed by atoms with E-state index < -0.39 is 0 Å². The molecule has 3 amide bonds. The average Bonchev–Trinajstić information content (AvgIpc) is 2.88. The van der Waals surface area contributed by atoms with Gasteiger partial charge in [-0.15, -0.1) is 0 Å². The van der Waals surface area contributed by atoms with Crippen LogP contribution in [0.25, 0.3) is 0 Å². The second-order valence-electron chi connectivity index (χ2n) is 8.51. The van der Waals surface area contributed by atoms with Crippen molar-refractivity contribution in [2.45, 2.75) is 12.8 Å². The van der Waals surface area contributed by atoms with Crippen LogP contribution >= 0.6 is 11.6 Å². The molecule has 0 saturated carbocycles. The van der Waals surface area contributed by atoms with E-state index in [1.807, 2.05) is 54.6 Å². The molecule has 0 aromatic heterocycles. The van der Waals surface area contributed by atoms with Gasteiger partial charge in [0.05, 0.1) is 5.92 Å². The SMILES string of the molecule is O=C(OCC(=O)N1CCN(c2cccc(Cl)c2)CC1)C1CCN(C(=O)Nc2ccccc2)CC1. The summed E-state index contributed by atoms with van der Waals surface area (Å²) in [6, 6.07) is 16.8. The molecule has 0 atom stereocenters. The highest BCUT2D eigenvalue weighted by Gasteiger charge is 2.29. The number of esters is 1. The minimum atomic E-state index is -0.367. The van der Waals surface area contributed by atoms with Gasteiger partial charge in [-0.1, -0.05) is 35.9 Å². The third-order valence-corrected chi connectivity index (χ3v) is 6.52. The number of piperazine rings is 1. The number of para-hydroxylation sites is 1. The number of benzene rings is 2. The van der Waals surface area contributed by atoms with Crippen molar-refractivity contribution in [1.29, 1.82) is 0 Å². The summed E-state index contributed by atoms with van der Waals surface area (Å²) in [7, 11) is 0. The number of urea groups is 1. The Labute approximate surface area is 204 Å². The minimum absolute atomic E-state index is 0.176. The van der Waals surface area contributed by atoms with E-state index in [4.69, 9.17) is 16.3 Å². The van der Waals surface area contributed by atoms with E-state index in [0.29, 0.717) is 57.1 Å². The number of ether oxygens (including phenoxy) is 1. The lowest BCUT2D eigenvalue weighted by atomic mass is 9.97. The molecule has 0 aliphatic carbocycles. The molecule has 8 nitrogen and oxygen atoms in total. The van der Waals surface area contributed by atoms with Crippen molar-refractivity contribution < 1.29 is 19.1 Å². The lowest BCUT2D eigenvalue weighted by Crippen LogP contribution is -2.50. The van der Waals surface area contributed by atoms with Gasteiger partial charge in [-0.2, -0.15) is 0 Å². The van der Waals surface area contributed by atoms with Gasteiger partial charge in [-0.05, 0) is 43.2 Å². The molecule has 34 heavy (non-hydrogen) atoms. The van der Waals surface area contributed by atoms with Crippen molar-refractivity contribution >= 4 is 40.9 Å². The third kappa shape index (κ3) is 6.20. The van der Waals surface area contributed by atoms with E-state index >= 15 is 0 Å². The highest BCUT2D eigenvalue weighted by atomic mass is 35.5. The highest BCUT2D eigenvalue weighted by Crippen LogP contribution is 2.22. The van der Waals surface area contributed by atoms with Crippen molar-refractivity contribution in [3.8, 4) is 0 Å². The lowest BCUT2D eigenvalue weighted by molar-refractivity contribution is -0.156. The molecule has 2 fully saturated rings. The predicted octanol–water partition coefficient (Wildman–Crippen LogP) is 3.48. The fourth-order valence-corrected chi connectivity index (χ4v) is 4.46. The first-order chi connectivity index (χ1) is 16.5. The number of rotatable bonds is 5. The zero-order valence-electron chi connectivity index (χ0n) is 19.0. The summed E-state index contributed by atoms with van der Waals surface area (Å²) in [6.45, 7) is 3.23. The maximum absolute atomic E-state index is 12.5. The van der Waals surface area contributed by atoms with Crippen LogP contribution in [0, 0.1) is 5.92 Å². The molecule has 180 valence electrons. The Morgan fingerprint density at radius 2 is 1.59 bits per heavy atom. The van der Waals surface area contributed by atoms with Crippen molar-refractivity contribution in [2.75, 3.05) is 56.1 Å². The zero-order valence-corrected chi connectivity index (χ0v) is 19.7. The Balaban J connectivity index is 1.16. The second kappa shape index (κ2) is 11.2. The van der Waals surface area contributed by atoms with E-state index in [1.54, 1.807) is 9.80 Å². The molecule has 0 radical (unpaired) electrons. The van der Waals surface area contributed by atoms with Crippen LogP contribution in [0.5, 0.6) is 0 Å². The lowest BCUT2D eigenvalue weighted by Gasteiger charge is -2.36. The number of nitrogens with zero attached hydrogens (tertiary/aromatic N) is 3. The van der Waals surface area contributed by atoms with Crippen LogP contribution in [-0.2, 0) is 14.3 Å². The number of carbonyl (C=O) groups excluding carboxylic acids is 3. The van der Waals surface area contributed by atoms with Gasteiger partial charge >= 0.3 is 12.0 Å². The molecule has 0 spiro atoms. The molecule has 9 heteroatoms. The molecule has 0 unspecified atom stereocenters. The molecule has 2 aliphatic heterocycles. The van der Waals surface area contributed by atoms with E-state index in [2.05, 4.69) is 10.2 Å². The normalized spacial score (nSPS) is 16.8. The fourth-order valence-electron chi connectivity index (χ4n) is 4.27. The maximum atomic E-state index is 12.5. The number of nitrogens with one attached hydrogen (secondary N) is 1. The van der Waals surface area contributed by atoms with E-state index in [1.165, 1.54) is 0 Å². The van der Waals surface area contributed by atoms with Gasteiger partial charge in [0.1, 0.15) is 0 Å². The summed E-state index contributed by atoms with van der Waals surface area (Å²) < 4.78 is 5.33. The van der Waals surface area contributed by atoms with Crippen LogP contribution in [0.4, 0.5) is 16.2 Å². The smallest absolute Gasteiger partial charge is 0.321 e. The summed E-state index contributed by atoms with van der Waals surface area (Å²) in [5.74, 6) is -0.846. The van der Waals surface area contributed by atoms with E-state index in [9.17, 15) is 14.4 Å². The fraction of sp³-hybridized carbons (Fsp3) is 0.400. The van der Waals surface area contributed by atoms with Gasteiger partial charge in [0.25, 0.3) is 5.91 Å². The molecular formula is C25H29ClN4O4. The number of carbonyl (C=O) groups is 3. The molecular weight excluding hydrogens is 456 g/mol. The van der Waals surface area contributed by atoms with Gasteiger partial charge in [0, 0.05) is 55.7 Å². The van der Waals surface area contributed by atoms with Gasteiger partial charge in [-0.3, -0.25) is 9.59 Å². The number of hydrogen-bond acceptors (Lipinski definition) is 5. The summed E-state index contributed by atoms with van der Waals surface area (Å²) in [6.07, 6.45) is 1.04. The first-order valence-electron chi connectivity index (χ1n) is 11.6. The van der Waals surface area contributed by atoms with Crippen molar-refractivity contribution in [1.82, 2.24) is 9.80 Å². The maximum Gasteiger partial charge on any atom is 0.321 e. The topological polar surface area (TPSA) is 82.2 Å². The molecule has 1 N–H and O–H groups in total. The molecule has 2 aliphatic rings. The zero-order chi connectivity index (χ0) is 23.9. The Kier molecular flexibility index (Phi) is 7.90. The Bertz CT molecular complexity index is 1000. The molecule has 2 aromatic rings. The highest BCUT2D eigenvalue weighted by molar-refractivity contribution is 6.30. The van der Waals surface area contributed by atoms with Crippen LogP contribution in [0.1, 0.15) is 12.8 Å². The van der Waals surface area contributed by atoms with Crippen molar-refractivity contribution in [2.24, 2.45) is 5.92 Å². The quantitative estimate of drug-likeness (QED) is 0.657. The summed E-state index contributed by atoms with van der Waals surface area (Å²) in [5, 5.41) is 3.54. The molecule has 4 rings (SSSR count). The second-order valence-corrected chi connectivity index (χ2v) is 8.95. The predicted molar refractivity (Wildman–Crippen MR) is 131 cm³/mol. The average molecular weight is 485 g/mol. The minimum Gasteiger partial charge on any atom is -0.455 e. The number of anilines is 2. The molecule has 0 bridgehead atoms. The molecule has 2 saturated heterocycles. The monoisotopic (exact) mass is 484 g/mol. The Morgan fingerprint density at radius 1 is 0.882 bits per heavy atom. The number of halogens is 1. The number of hydrogen-bond donors (Lipinski definition) is 1. The van der Waals surface area contributed by atoms with Crippen molar-refractivity contribution in [3.63, 3.8) is 0 Å². The van der Waals surface area contributed by atoms with Gasteiger partial charge in [-0.25, -0.2) is 4.79 Å².